The van der Waals surface area contributed by atoms with Crippen LogP contribution in [-0.2, 0) is 17.6 Å². The summed E-state index contributed by atoms with van der Waals surface area (Å²) in [6.45, 7) is 3.45. The number of ether oxygens (including phenoxy) is 1. The average Bonchev–Trinajstić information content (AvgIpc) is 3.02. The number of nitrogens with zero attached hydrogens (tertiary/aromatic N) is 1. The second kappa shape index (κ2) is 6.32. The van der Waals surface area contributed by atoms with Gasteiger partial charge in [0.05, 0.1) is 5.56 Å². The molecule has 0 amide bonds. The van der Waals surface area contributed by atoms with Gasteiger partial charge in [-0.25, -0.2) is 4.79 Å². The van der Waals surface area contributed by atoms with Crippen molar-refractivity contribution >= 4 is 11.8 Å². The fraction of sp³-hybridized carbons (Fsp3) is 0.316. The number of ketones is 1. The summed E-state index contributed by atoms with van der Waals surface area (Å²) in [7, 11) is 0. The molecule has 0 saturated heterocycles. The molecule has 1 aliphatic rings. The molecule has 0 radical (unpaired) electrons. The molecule has 1 aromatic carbocycles. The Morgan fingerprint density at radius 2 is 1.83 bits per heavy atom. The average molecular weight is 309 g/mol. The van der Waals surface area contributed by atoms with Gasteiger partial charge in [0.2, 0.25) is 5.78 Å². The van der Waals surface area contributed by atoms with Crippen LogP contribution in [0.4, 0.5) is 0 Å². The molecule has 0 N–H and O–H groups in total. The van der Waals surface area contributed by atoms with Crippen LogP contribution in [0.2, 0.25) is 0 Å². The van der Waals surface area contributed by atoms with E-state index in [1.54, 1.807) is 19.1 Å². The van der Waals surface area contributed by atoms with Gasteiger partial charge < -0.3 is 4.74 Å². The summed E-state index contributed by atoms with van der Waals surface area (Å²) in [5.74, 6) is -0.701. The maximum absolute atomic E-state index is 12.5. The number of carbonyl (C=O) groups is 2. The first-order valence-corrected chi connectivity index (χ1v) is 7.84. The van der Waals surface area contributed by atoms with Gasteiger partial charge in [0.1, 0.15) is 0 Å². The number of benzene rings is 1. The lowest BCUT2D eigenvalue weighted by molar-refractivity contribution is 0.0318. The molecule has 1 atom stereocenters. The first-order valence-electron chi connectivity index (χ1n) is 7.84. The van der Waals surface area contributed by atoms with Crippen molar-refractivity contribution in [3.63, 3.8) is 0 Å². The molecule has 0 bridgehead atoms. The third kappa shape index (κ3) is 3.31. The SMILES string of the molecule is Cc1ccc(C(=O)OC(C)C(=O)c2ccc3c(c2)CCC3)cn1. The number of Topliss-reactive ketones (excluding diaryl/α,β-unsaturated/α-hetero) is 1. The molecule has 4 nitrogen and oxygen atoms in total. The van der Waals surface area contributed by atoms with E-state index in [2.05, 4.69) is 4.98 Å². The first-order chi connectivity index (χ1) is 11.0. The van der Waals surface area contributed by atoms with Crippen LogP contribution in [0, 0.1) is 6.92 Å². The minimum absolute atomic E-state index is 0.173. The van der Waals surface area contributed by atoms with Crippen molar-refractivity contribution in [1.82, 2.24) is 4.98 Å². The standard InChI is InChI=1S/C19H19NO3/c1-12-6-7-17(11-20-12)19(22)23-13(2)18(21)16-9-8-14-4-3-5-15(14)10-16/h6-11,13H,3-5H2,1-2H3. The number of rotatable bonds is 4. The monoisotopic (exact) mass is 309 g/mol. The van der Waals surface area contributed by atoms with Crippen molar-refractivity contribution < 1.29 is 14.3 Å². The molecule has 0 saturated carbocycles. The van der Waals surface area contributed by atoms with Gasteiger partial charge in [-0.1, -0.05) is 12.1 Å². The molecule has 1 aliphatic carbocycles. The molecule has 2 aromatic rings. The van der Waals surface area contributed by atoms with Crippen LogP contribution < -0.4 is 0 Å². The number of aryl methyl sites for hydroxylation is 3. The van der Waals surface area contributed by atoms with Crippen LogP contribution in [0.15, 0.2) is 36.5 Å². The Hall–Kier alpha value is -2.49. The Bertz CT molecular complexity index is 750. The van der Waals surface area contributed by atoms with Crippen molar-refractivity contribution in [1.29, 1.82) is 0 Å². The van der Waals surface area contributed by atoms with Crippen molar-refractivity contribution in [2.45, 2.75) is 39.2 Å². The number of aromatic nitrogens is 1. The number of esters is 1. The van der Waals surface area contributed by atoms with E-state index >= 15 is 0 Å². The topological polar surface area (TPSA) is 56.3 Å². The van der Waals surface area contributed by atoms with E-state index in [-0.39, 0.29) is 5.78 Å². The highest BCUT2D eigenvalue weighted by molar-refractivity contribution is 6.01. The number of carbonyl (C=O) groups excluding carboxylic acids is 2. The molecular formula is C19H19NO3. The van der Waals surface area contributed by atoms with E-state index in [1.165, 1.54) is 17.3 Å². The van der Waals surface area contributed by atoms with E-state index in [0.29, 0.717) is 11.1 Å². The smallest absolute Gasteiger partial charge is 0.340 e. The van der Waals surface area contributed by atoms with Gasteiger partial charge in [-0.15, -0.1) is 0 Å². The lowest BCUT2D eigenvalue weighted by Gasteiger charge is -2.13. The third-order valence-electron chi connectivity index (χ3n) is 4.18. The normalized spacial score (nSPS) is 14.2. The van der Waals surface area contributed by atoms with Gasteiger partial charge in [-0.05, 0) is 62.4 Å². The summed E-state index contributed by atoms with van der Waals surface area (Å²) in [6, 6.07) is 9.15. The van der Waals surface area contributed by atoms with Gasteiger partial charge in [-0.2, -0.15) is 0 Å². The number of pyridine rings is 1. The van der Waals surface area contributed by atoms with Gasteiger partial charge in [0.25, 0.3) is 0 Å². The Morgan fingerprint density at radius 1 is 1.09 bits per heavy atom. The van der Waals surface area contributed by atoms with Gasteiger partial charge in [0.15, 0.2) is 6.10 Å². The fourth-order valence-corrected chi connectivity index (χ4v) is 2.83. The molecule has 0 spiro atoms. The van der Waals surface area contributed by atoms with E-state index in [1.807, 2.05) is 25.1 Å². The van der Waals surface area contributed by atoms with Crippen LogP contribution in [-0.4, -0.2) is 22.8 Å². The minimum atomic E-state index is -0.816. The van der Waals surface area contributed by atoms with E-state index in [9.17, 15) is 9.59 Å². The van der Waals surface area contributed by atoms with Gasteiger partial charge in [0, 0.05) is 17.5 Å². The van der Waals surface area contributed by atoms with E-state index < -0.39 is 12.1 Å². The molecule has 1 heterocycles. The summed E-state index contributed by atoms with van der Waals surface area (Å²) in [4.78, 5) is 28.6. The zero-order valence-corrected chi connectivity index (χ0v) is 13.3. The zero-order chi connectivity index (χ0) is 16.4. The summed E-state index contributed by atoms with van der Waals surface area (Å²) < 4.78 is 5.28. The highest BCUT2D eigenvalue weighted by Gasteiger charge is 2.22. The molecular weight excluding hydrogens is 290 g/mol. The van der Waals surface area contributed by atoms with Crippen molar-refractivity contribution in [2.75, 3.05) is 0 Å². The lowest BCUT2D eigenvalue weighted by atomic mass is 10.0. The molecule has 1 aromatic heterocycles. The second-order valence-corrected chi connectivity index (χ2v) is 5.94. The largest absolute Gasteiger partial charge is 0.451 e. The predicted octanol–water partition coefficient (Wildman–Crippen LogP) is 3.31. The van der Waals surface area contributed by atoms with Gasteiger partial charge >= 0.3 is 5.97 Å². The molecule has 3 rings (SSSR count). The van der Waals surface area contributed by atoms with E-state index in [0.717, 1.165) is 25.0 Å². The lowest BCUT2D eigenvalue weighted by Crippen LogP contribution is -2.24. The Labute approximate surface area is 135 Å². The van der Waals surface area contributed by atoms with Crippen LogP contribution in [0.1, 0.15) is 50.9 Å². The number of hydrogen-bond donors (Lipinski definition) is 0. The zero-order valence-electron chi connectivity index (χ0n) is 13.3. The molecule has 4 heteroatoms. The van der Waals surface area contributed by atoms with Crippen LogP contribution in [0.25, 0.3) is 0 Å². The molecule has 1 unspecified atom stereocenters. The van der Waals surface area contributed by atoms with Crippen molar-refractivity contribution in [3.8, 4) is 0 Å². The third-order valence-corrected chi connectivity index (χ3v) is 4.18. The van der Waals surface area contributed by atoms with Crippen molar-refractivity contribution in [2.24, 2.45) is 0 Å². The van der Waals surface area contributed by atoms with Crippen molar-refractivity contribution in [3.05, 3.63) is 64.5 Å². The highest BCUT2D eigenvalue weighted by atomic mass is 16.5. The quantitative estimate of drug-likeness (QED) is 0.642. The molecule has 118 valence electrons. The molecule has 23 heavy (non-hydrogen) atoms. The Balaban J connectivity index is 1.70. The maximum Gasteiger partial charge on any atom is 0.340 e. The predicted molar refractivity (Wildman–Crippen MR) is 86.6 cm³/mol. The minimum Gasteiger partial charge on any atom is -0.451 e. The maximum atomic E-state index is 12.5. The summed E-state index contributed by atoms with van der Waals surface area (Å²) in [5.41, 5.74) is 4.33. The summed E-state index contributed by atoms with van der Waals surface area (Å²) in [5, 5.41) is 0. The Morgan fingerprint density at radius 3 is 2.57 bits per heavy atom. The van der Waals surface area contributed by atoms with Crippen LogP contribution in [0.5, 0.6) is 0 Å². The Kier molecular flexibility index (Phi) is 4.24. The van der Waals surface area contributed by atoms with E-state index in [4.69, 9.17) is 4.74 Å². The highest BCUT2D eigenvalue weighted by Crippen LogP contribution is 2.23. The van der Waals surface area contributed by atoms with Gasteiger partial charge in [-0.3, -0.25) is 9.78 Å². The number of fused-ring (bicyclic) bond motifs is 1. The number of hydrogen-bond acceptors (Lipinski definition) is 4. The van der Waals surface area contributed by atoms with Crippen LogP contribution >= 0.6 is 0 Å². The first kappa shape index (κ1) is 15.4. The molecule has 0 aliphatic heterocycles. The molecule has 0 fully saturated rings. The summed E-state index contributed by atoms with van der Waals surface area (Å²) in [6.07, 6.45) is 3.87. The second-order valence-electron chi connectivity index (χ2n) is 5.94. The fourth-order valence-electron chi connectivity index (χ4n) is 2.83. The summed E-state index contributed by atoms with van der Waals surface area (Å²) >= 11 is 0. The van der Waals surface area contributed by atoms with Crippen LogP contribution in [0.3, 0.4) is 0 Å².